The van der Waals surface area contributed by atoms with E-state index in [2.05, 4.69) is 5.32 Å². The number of phenolic OH excluding ortho intramolecular Hbond substituents is 1. The summed E-state index contributed by atoms with van der Waals surface area (Å²) >= 11 is 0. The molecule has 1 aromatic carbocycles. The minimum absolute atomic E-state index is 0.0214. The molecule has 2 rings (SSSR count). The molecule has 0 bridgehead atoms. The number of amides is 1. The van der Waals surface area contributed by atoms with Crippen LogP contribution in [0.2, 0.25) is 0 Å². The minimum atomic E-state index is -0.673. The Balaban J connectivity index is 2.21. The van der Waals surface area contributed by atoms with Crippen molar-refractivity contribution in [3.8, 4) is 5.75 Å². The molecule has 1 aliphatic rings. The fourth-order valence-corrected chi connectivity index (χ4v) is 2.02. The molecule has 0 aromatic heterocycles. The monoisotopic (exact) mass is 252 g/mol. The van der Waals surface area contributed by atoms with Crippen LogP contribution in [0.4, 0.5) is 4.39 Å². The second kappa shape index (κ2) is 5.35. The largest absolute Gasteiger partial charge is 0.508 e. The van der Waals surface area contributed by atoms with Crippen molar-refractivity contribution in [1.29, 1.82) is 0 Å². The van der Waals surface area contributed by atoms with Gasteiger partial charge in [0, 0.05) is 25.7 Å². The molecule has 0 unspecified atom stereocenters. The summed E-state index contributed by atoms with van der Waals surface area (Å²) in [5.41, 5.74) is 0.0214. The first-order chi connectivity index (χ1) is 8.63. The highest BCUT2D eigenvalue weighted by Crippen LogP contribution is 2.19. The van der Waals surface area contributed by atoms with Gasteiger partial charge in [0.15, 0.2) is 0 Å². The molecule has 5 heteroatoms. The maximum Gasteiger partial charge on any atom is 0.257 e. The van der Waals surface area contributed by atoms with Crippen LogP contribution >= 0.6 is 0 Å². The van der Waals surface area contributed by atoms with E-state index in [1.165, 1.54) is 12.1 Å². The van der Waals surface area contributed by atoms with Crippen LogP contribution < -0.4 is 5.32 Å². The number of nitrogens with one attached hydrogen (secondary N) is 1. The minimum Gasteiger partial charge on any atom is -0.508 e. The van der Waals surface area contributed by atoms with Gasteiger partial charge in [0.05, 0.1) is 11.6 Å². The van der Waals surface area contributed by atoms with Gasteiger partial charge in [-0.15, -0.1) is 0 Å². The first-order valence-corrected chi connectivity index (χ1v) is 6.13. The number of benzene rings is 1. The van der Waals surface area contributed by atoms with Crippen LogP contribution in [0.15, 0.2) is 18.2 Å². The molecule has 0 saturated carbocycles. The van der Waals surface area contributed by atoms with Crippen molar-refractivity contribution in [2.24, 2.45) is 0 Å². The van der Waals surface area contributed by atoms with Crippen LogP contribution in [0.25, 0.3) is 0 Å². The van der Waals surface area contributed by atoms with Gasteiger partial charge in [-0.2, -0.15) is 0 Å². The van der Waals surface area contributed by atoms with E-state index in [9.17, 15) is 9.18 Å². The van der Waals surface area contributed by atoms with Gasteiger partial charge in [-0.3, -0.25) is 4.79 Å². The fraction of sp³-hybridized carbons (Fsp3) is 0.462. The van der Waals surface area contributed by atoms with Crippen molar-refractivity contribution >= 4 is 5.91 Å². The van der Waals surface area contributed by atoms with E-state index in [-0.39, 0.29) is 23.3 Å². The molecule has 4 nitrogen and oxygen atoms in total. The molecule has 98 valence electrons. The van der Waals surface area contributed by atoms with Gasteiger partial charge in [0.2, 0.25) is 0 Å². The van der Waals surface area contributed by atoms with Gasteiger partial charge >= 0.3 is 0 Å². The molecule has 1 saturated heterocycles. The Kier molecular flexibility index (Phi) is 3.81. The van der Waals surface area contributed by atoms with Crippen LogP contribution in [0.3, 0.4) is 0 Å². The van der Waals surface area contributed by atoms with E-state index < -0.39 is 5.82 Å². The van der Waals surface area contributed by atoms with Crippen molar-refractivity contribution in [3.63, 3.8) is 0 Å². The van der Waals surface area contributed by atoms with Crippen LogP contribution in [-0.2, 0) is 0 Å². The zero-order chi connectivity index (χ0) is 13.1. The molecule has 1 aliphatic heterocycles. The molecule has 1 amide bonds. The van der Waals surface area contributed by atoms with Gasteiger partial charge in [-0.05, 0) is 18.6 Å². The summed E-state index contributed by atoms with van der Waals surface area (Å²) in [5, 5.41) is 12.3. The van der Waals surface area contributed by atoms with Crippen molar-refractivity contribution in [2.45, 2.75) is 19.4 Å². The van der Waals surface area contributed by atoms with Crippen molar-refractivity contribution < 1.29 is 14.3 Å². The lowest BCUT2D eigenvalue weighted by atomic mass is 10.1. The average molecular weight is 252 g/mol. The Hall–Kier alpha value is -1.62. The number of nitrogens with zero attached hydrogens (tertiary/aromatic N) is 1. The number of carbonyl (C=O) groups is 1. The Morgan fingerprint density at radius 2 is 2.28 bits per heavy atom. The van der Waals surface area contributed by atoms with E-state index >= 15 is 0 Å². The SMILES string of the molecule is CCCN(C(=O)c1ccc(O)cc1F)C1CNC1. The molecule has 1 heterocycles. The molecule has 0 spiro atoms. The Bertz CT molecular complexity index is 447. The first kappa shape index (κ1) is 12.8. The lowest BCUT2D eigenvalue weighted by Gasteiger charge is -2.38. The quantitative estimate of drug-likeness (QED) is 0.850. The summed E-state index contributed by atoms with van der Waals surface area (Å²) in [7, 11) is 0. The Morgan fingerprint density at radius 3 is 2.78 bits per heavy atom. The number of hydrogen-bond donors (Lipinski definition) is 2. The fourth-order valence-electron chi connectivity index (χ4n) is 2.02. The summed E-state index contributed by atoms with van der Waals surface area (Å²) in [6, 6.07) is 3.78. The highest BCUT2D eigenvalue weighted by Gasteiger charge is 2.29. The predicted molar refractivity (Wildman–Crippen MR) is 66.1 cm³/mol. The molecular formula is C13H17FN2O2. The topological polar surface area (TPSA) is 52.6 Å². The third kappa shape index (κ3) is 2.46. The van der Waals surface area contributed by atoms with Crippen LogP contribution in [0, 0.1) is 5.82 Å². The van der Waals surface area contributed by atoms with Crippen LogP contribution in [0.5, 0.6) is 5.75 Å². The van der Waals surface area contributed by atoms with Crippen LogP contribution in [-0.4, -0.2) is 41.6 Å². The summed E-state index contributed by atoms with van der Waals surface area (Å²) in [4.78, 5) is 14.0. The summed E-state index contributed by atoms with van der Waals surface area (Å²) < 4.78 is 13.7. The molecule has 2 N–H and O–H groups in total. The lowest BCUT2D eigenvalue weighted by Crippen LogP contribution is -2.59. The summed E-state index contributed by atoms with van der Waals surface area (Å²) in [6.45, 7) is 4.11. The first-order valence-electron chi connectivity index (χ1n) is 6.13. The van der Waals surface area contributed by atoms with E-state index in [1.807, 2.05) is 6.92 Å². The molecular weight excluding hydrogens is 235 g/mol. The van der Waals surface area contributed by atoms with E-state index in [0.717, 1.165) is 25.6 Å². The maximum absolute atomic E-state index is 13.7. The lowest BCUT2D eigenvalue weighted by molar-refractivity contribution is 0.0611. The highest BCUT2D eigenvalue weighted by atomic mass is 19.1. The van der Waals surface area contributed by atoms with Gasteiger partial charge in [0.25, 0.3) is 5.91 Å². The summed E-state index contributed by atoms with van der Waals surface area (Å²) in [6.07, 6.45) is 0.835. The molecule has 1 aromatic rings. The third-order valence-electron chi connectivity index (χ3n) is 3.11. The molecule has 0 atom stereocenters. The second-order valence-corrected chi connectivity index (χ2v) is 4.47. The summed E-state index contributed by atoms with van der Waals surface area (Å²) in [5.74, 6) is -1.15. The number of halogens is 1. The number of rotatable bonds is 4. The smallest absolute Gasteiger partial charge is 0.257 e. The number of phenols is 1. The van der Waals surface area contributed by atoms with Gasteiger partial charge < -0.3 is 15.3 Å². The number of aromatic hydroxyl groups is 1. The predicted octanol–water partition coefficient (Wildman–Crippen LogP) is 1.36. The van der Waals surface area contributed by atoms with Gasteiger partial charge in [0.1, 0.15) is 11.6 Å². The number of carbonyl (C=O) groups excluding carboxylic acids is 1. The van der Waals surface area contributed by atoms with Crippen molar-refractivity contribution in [1.82, 2.24) is 10.2 Å². The zero-order valence-corrected chi connectivity index (χ0v) is 10.3. The average Bonchev–Trinajstić information content (AvgIpc) is 2.25. The molecule has 1 fully saturated rings. The second-order valence-electron chi connectivity index (χ2n) is 4.47. The normalized spacial score (nSPS) is 15.2. The third-order valence-corrected chi connectivity index (χ3v) is 3.11. The zero-order valence-electron chi connectivity index (χ0n) is 10.3. The standard InChI is InChI=1S/C13H17FN2O2/c1-2-5-16(9-7-15-8-9)13(18)11-4-3-10(17)6-12(11)14/h3-4,6,9,15,17H,2,5,7-8H2,1H3. The van der Waals surface area contributed by atoms with Crippen molar-refractivity contribution in [3.05, 3.63) is 29.6 Å². The van der Waals surface area contributed by atoms with E-state index in [1.54, 1.807) is 4.90 Å². The maximum atomic E-state index is 13.7. The Morgan fingerprint density at radius 1 is 1.56 bits per heavy atom. The number of hydrogen-bond acceptors (Lipinski definition) is 3. The Labute approximate surface area is 105 Å². The molecule has 0 radical (unpaired) electrons. The highest BCUT2D eigenvalue weighted by molar-refractivity contribution is 5.95. The van der Waals surface area contributed by atoms with Crippen LogP contribution in [0.1, 0.15) is 23.7 Å². The molecule has 0 aliphatic carbocycles. The van der Waals surface area contributed by atoms with Gasteiger partial charge in [-0.25, -0.2) is 4.39 Å². The molecule has 18 heavy (non-hydrogen) atoms. The van der Waals surface area contributed by atoms with E-state index in [0.29, 0.717) is 6.54 Å². The van der Waals surface area contributed by atoms with Gasteiger partial charge in [-0.1, -0.05) is 6.92 Å². The van der Waals surface area contributed by atoms with Crippen molar-refractivity contribution in [2.75, 3.05) is 19.6 Å². The van der Waals surface area contributed by atoms with E-state index in [4.69, 9.17) is 5.11 Å².